The average molecular weight is 346 g/mol. The number of rotatable bonds is 3. The monoisotopic (exact) mass is 346 g/mol. The highest BCUT2D eigenvalue weighted by molar-refractivity contribution is 14.1. The second-order valence-corrected chi connectivity index (χ2v) is 4.60. The highest BCUT2D eigenvalue weighted by Gasteiger charge is 2.12. The molecule has 6 nitrogen and oxygen atoms in total. The molecule has 0 unspecified atom stereocenters. The van der Waals surface area contributed by atoms with Gasteiger partial charge in [-0.3, -0.25) is 4.79 Å². The van der Waals surface area contributed by atoms with Crippen LogP contribution < -0.4 is 5.56 Å². The highest BCUT2D eigenvalue weighted by atomic mass is 127. The summed E-state index contributed by atoms with van der Waals surface area (Å²) in [5, 5.41) is 9.53. The molecule has 0 fully saturated rings. The minimum Gasteiger partial charge on any atom is -0.492 e. The Labute approximate surface area is 111 Å². The van der Waals surface area contributed by atoms with E-state index in [0.717, 1.165) is 13.0 Å². The number of aryl methyl sites for hydroxylation is 1. The number of aromatic hydroxyl groups is 1. The molecule has 0 spiro atoms. The Kier molecular flexibility index (Phi) is 3.46. The van der Waals surface area contributed by atoms with Crippen LogP contribution in [0.15, 0.2) is 17.3 Å². The molecule has 0 radical (unpaired) electrons. The minimum absolute atomic E-state index is 0.188. The van der Waals surface area contributed by atoms with Crippen molar-refractivity contribution in [1.29, 1.82) is 0 Å². The first-order chi connectivity index (χ1) is 8.13. The molecule has 0 amide bonds. The lowest BCUT2D eigenvalue weighted by atomic mass is 10.4. The molecule has 0 aliphatic carbocycles. The predicted molar refractivity (Wildman–Crippen MR) is 70.8 cm³/mol. The number of aromatic amines is 1. The van der Waals surface area contributed by atoms with Crippen molar-refractivity contribution in [3.63, 3.8) is 0 Å². The van der Waals surface area contributed by atoms with Gasteiger partial charge in [0.25, 0.3) is 5.56 Å². The van der Waals surface area contributed by atoms with Gasteiger partial charge in [0.05, 0.1) is 12.5 Å². The smallest absolute Gasteiger partial charge is 0.268 e. The fraction of sp³-hybridized carbons (Fsp3) is 0.300. The Balaban J connectivity index is 2.53. The first kappa shape index (κ1) is 12.1. The minimum atomic E-state index is -0.350. The fourth-order valence-corrected chi connectivity index (χ4v) is 1.76. The van der Waals surface area contributed by atoms with Gasteiger partial charge in [0.15, 0.2) is 5.82 Å². The summed E-state index contributed by atoms with van der Waals surface area (Å²) in [5.41, 5.74) is 0.341. The van der Waals surface area contributed by atoms with E-state index in [0.29, 0.717) is 11.5 Å². The van der Waals surface area contributed by atoms with Gasteiger partial charge in [-0.05, 0) is 29.0 Å². The van der Waals surface area contributed by atoms with Crippen molar-refractivity contribution in [2.24, 2.45) is 0 Å². The normalized spacial score (nSPS) is 10.7. The molecule has 90 valence electrons. The summed E-state index contributed by atoms with van der Waals surface area (Å²) in [6.07, 6.45) is 4.23. The van der Waals surface area contributed by atoms with E-state index < -0.39 is 0 Å². The molecule has 2 aromatic heterocycles. The lowest BCUT2D eigenvalue weighted by Crippen LogP contribution is -2.13. The molecule has 2 aromatic rings. The molecule has 0 bridgehead atoms. The topological polar surface area (TPSA) is 83.8 Å². The van der Waals surface area contributed by atoms with Gasteiger partial charge in [0.1, 0.15) is 9.26 Å². The number of hydrogen-bond donors (Lipinski definition) is 2. The van der Waals surface area contributed by atoms with E-state index >= 15 is 0 Å². The zero-order valence-corrected chi connectivity index (χ0v) is 11.3. The van der Waals surface area contributed by atoms with E-state index in [4.69, 9.17) is 0 Å². The van der Waals surface area contributed by atoms with E-state index in [1.807, 2.05) is 11.5 Å². The number of hydrogen-bond acceptors (Lipinski definition) is 4. The average Bonchev–Trinajstić information content (AvgIpc) is 2.74. The lowest BCUT2D eigenvalue weighted by molar-refractivity contribution is 0.447. The summed E-state index contributed by atoms with van der Waals surface area (Å²) in [5.74, 6) is 0.0764. The molecule has 0 atom stereocenters. The summed E-state index contributed by atoms with van der Waals surface area (Å²) >= 11 is 1.75. The Morgan fingerprint density at radius 3 is 3.00 bits per heavy atom. The summed E-state index contributed by atoms with van der Waals surface area (Å²) in [4.78, 5) is 22.1. The predicted octanol–water partition coefficient (Wildman–Crippen LogP) is 1.35. The van der Waals surface area contributed by atoms with Gasteiger partial charge >= 0.3 is 0 Å². The van der Waals surface area contributed by atoms with E-state index in [1.165, 1.54) is 0 Å². The van der Waals surface area contributed by atoms with Crippen molar-refractivity contribution in [3.05, 3.63) is 26.4 Å². The first-order valence-corrected chi connectivity index (χ1v) is 6.20. The van der Waals surface area contributed by atoms with Crippen LogP contribution in [0.3, 0.4) is 0 Å². The molecule has 2 N–H and O–H groups in total. The second-order valence-electron chi connectivity index (χ2n) is 3.52. The van der Waals surface area contributed by atoms with Crippen LogP contribution in [0.5, 0.6) is 5.88 Å². The number of H-pyrrole nitrogens is 1. The maximum Gasteiger partial charge on any atom is 0.268 e. The van der Waals surface area contributed by atoms with Crippen LogP contribution in [0, 0.1) is 3.57 Å². The lowest BCUT2D eigenvalue weighted by Gasteiger charge is -2.06. The molecule has 0 saturated heterocycles. The Morgan fingerprint density at radius 2 is 2.35 bits per heavy atom. The van der Waals surface area contributed by atoms with Gasteiger partial charge in [-0.1, -0.05) is 6.92 Å². The molecule has 7 heteroatoms. The number of aromatic nitrogens is 4. The van der Waals surface area contributed by atoms with E-state index in [9.17, 15) is 9.90 Å². The number of nitrogens with one attached hydrogen (secondary N) is 1. The molecule has 0 aliphatic rings. The van der Waals surface area contributed by atoms with Gasteiger partial charge in [-0.25, -0.2) is 4.98 Å². The van der Waals surface area contributed by atoms with Crippen molar-refractivity contribution >= 4 is 22.6 Å². The summed E-state index contributed by atoms with van der Waals surface area (Å²) < 4.78 is 2.07. The van der Waals surface area contributed by atoms with E-state index in [-0.39, 0.29) is 15.0 Å². The van der Waals surface area contributed by atoms with Gasteiger partial charge in [-0.15, -0.1) is 0 Å². The fourth-order valence-electron chi connectivity index (χ4n) is 1.51. The van der Waals surface area contributed by atoms with Gasteiger partial charge in [0, 0.05) is 6.54 Å². The third-order valence-electron chi connectivity index (χ3n) is 2.26. The van der Waals surface area contributed by atoms with Crippen LogP contribution in [0.25, 0.3) is 11.5 Å². The van der Waals surface area contributed by atoms with Gasteiger partial charge < -0.3 is 14.7 Å². The van der Waals surface area contributed by atoms with E-state index in [2.05, 4.69) is 15.0 Å². The van der Waals surface area contributed by atoms with Gasteiger partial charge in [-0.2, -0.15) is 4.98 Å². The van der Waals surface area contributed by atoms with Crippen LogP contribution in [0.1, 0.15) is 13.3 Å². The van der Waals surface area contributed by atoms with Crippen molar-refractivity contribution in [2.75, 3.05) is 0 Å². The highest BCUT2D eigenvalue weighted by Crippen LogP contribution is 2.18. The van der Waals surface area contributed by atoms with Crippen molar-refractivity contribution in [1.82, 2.24) is 19.5 Å². The summed E-state index contributed by atoms with van der Waals surface area (Å²) in [7, 11) is 0. The van der Waals surface area contributed by atoms with Crippen LogP contribution in [-0.2, 0) is 6.54 Å². The maximum absolute atomic E-state index is 11.5. The molecule has 2 heterocycles. The molecule has 0 aromatic carbocycles. The van der Waals surface area contributed by atoms with Crippen molar-refractivity contribution in [3.8, 4) is 17.4 Å². The summed E-state index contributed by atoms with van der Waals surface area (Å²) in [6, 6.07) is 0. The maximum atomic E-state index is 11.5. The zero-order chi connectivity index (χ0) is 12.4. The van der Waals surface area contributed by atoms with Crippen LogP contribution >= 0.6 is 22.6 Å². The first-order valence-electron chi connectivity index (χ1n) is 5.12. The van der Waals surface area contributed by atoms with E-state index in [1.54, 1.807) is 35.1 Å². The van der Waals surface area contributed by atoms with Crippen molar-refractivity contribution < 1.29 is 5.11 Å². The molecule has 0 saturated carbocycles. The van der Waals surface area contributed by atoms with Crippen LogP contribution in [0.4, 0.5) is 0 Å². The Hall–Kier alpha value is -1.38. The number of halogens is 1. The largest absolute Gasteiger partial charge is 0.492 e. The molecular formula is C10H11IN4O2. The third-order valence-corrected chi connectivity index (χ3v) is 3.24. The summed E-state index contributed by atoms with van der Waals surface area (Å²) in [6.45, 7) is 2.83. The molecule has 17 heavy (non-hydrogen) atoms. The SMILES string of the molecule is CCCn1cncc1-c1nc(O)c(I)c(=O)[nH]1. The van der Waals surface area contributed by atoms with Crippen LogP contribution in [0.2, 0.25) is 0 Å². The number of imidazole rings is 1. The second kappa shape index (κ2) is 4.86. The zero-order valence-electron chi connectivity index (χ0n) is 9.14. The molecule has 0 aliphatic heterocycles. The quantitative estimate of drug-likeness (QED) is 0.822. The number of nitrogens with zero attached hydrogens (tertiary/aromatic N) is 3. The third kappa shape index (κ3) is 2.33. The van der Waals surface area contributed by atoms with Gasteiger partial charge in [0.2, 0.25) is 5.88 Å². The Bertz CT molecular complexity index is 590. The Morgan fingerprint density at radius 1 is 1.59 bits per heavy atom. The van der Waals surface area contributed by atoms with Crippen LogP contribution in [-0.4, -0.2) is 24.6 Å². The molecular weight excluding hydrogens is 335 g/mol. The standard InChI is InChI=1S/C10H11IN4O2/c1-2-3-15-5-12-4-6(15)8-13-9(16)7(11)10(17)14-8/h4-5H,2-3H2,1H3,(H2,13,14,16,17). The van der Waals surface area contributed by atoms with Crippen molar-refractivity contribution in [2.45, 2.75) is 19.9 Å². The molecule has 2 rings (SSSR count).